The van der Waals surface area contributed by atoms with Crippen molar-refractivity contribution in [1.82, 2.24) is 4.90 Å². The molecule has 0 saturated carbocycles. The Morgan fingerprint density at radius 1 is 0.897 bits per heavy atom. The predicted molar refractivity (Wildman–Crippen MR) is 158 cm³/mol. The molecular formula is C32H29N3O3S. The summed E-state index contributed by atoms with van der Waals surface area (Å²) < 4.78 is 11.5. The molecule has 6 nitrogen and oxygen atoms in total. The summed E-state index contributed by atoms with van der Waals surface area (Å²) >= 11 is 1.29. The van der Waals surface area contributed by atoms with Crippen molar-refractivity contribution in [3.63, 3.8) is 0 Å². The maximum absolute atomic E-state index is 13.4. The number of amides is 1. The van der Waals surface area contributed by atoms with E-state index in [0.29, 0.717) is 21.6 Å². The first kappa shape index (κ1) is 26.3. The number of hydrogen-bond donors (Lipinski definition) is 0. The van der Waals surface area contributed by atoms with Crippen molar-refractivity contribution >= 4 is 35.1 Å². The lowest BCUT2D eigenvalue weighted by molar-refractivity contribution is -0.122. The maximum atomic E-state index is 13.4. The van der Waals surface area contributed by atoms with E-state index in [2.05, 4.69) is 43.1 Å². The Morgan fingerprint density at radius 2 is 1.67 bits per heavy atom. The highest BCUT2D eigenvalue weighted by Gasteiger charge is 2.34. The summed E-state index contributed by atoms with van der Waals surface area (Å²) in [4.78, 5) is 15.5. The number of ether oxygens (including phenoxy) is 1. The average molecular weight is 536 g/mol. The maximum Gasteiger partial charge on any atom is 0.267 e. The minimum Gasteiger partial charge on any atom is -0.467 e. The monoisotopic (exact) mass is 535 g/mol. The zero-order chi connectivity index (χ0) is 27.2. The third-order valence-corrected chi connectivity index (χ3v) is 7.04. The minimum absolute atomic E-state index is 0.0824. The van der Waals surface area contributed by atoms with Crippen LogP contribution in [0.1, 0.15) is 43.2 Å². The smallest absolute Gasteiger partial charge is 0.267 e. The average Bonchev–Trinajstić information content (AvgIpc) is 3.54. The van der Waals surface area contributed by atoms with Crippen molar-refractivity contribution < 1.29 is 13.9 Å². The molecule has 3 aromatic carbocycles. The summed E-state index contributed by atoms with van der Waals surface area (Å²) in [5.41, 5.74) is 3.12. The molecule has 1 aliphatic rings. The number of rotatable bonds is 7. The van der Waals surface area contributed by atoms with Crippen LogP contribution in [0.2, 0.25) is 0 Å². The number of hydrogen-bond acceptors (Lipinski definition) is 6. The number of furan rings is 1. The standard InChI is InChI=1S/C32H29N3O3S/c1-32(2,3)25-16-14-23(15-17-25)21-33-34-31-35(22-28-13-8-18-37-28)30(36)29(39-31)20-24-9-7-12-27(19-24)38-26-10-5-4-6-11-26/h4-21H,22H2,1-3H3/b29-20-,33-21+,34-31-. The van der Waals surface area contributed by atoms with Crippen LogP contribution in [-0.4, -0.2) is 22.2 Å². The highest BCUT2D eigenvalue weighted by Crippen LogP contribution is 2.34. The van der Waals surface area contributed by atoms with Crippen LogP contribution < -0.4 is 4.74 Å². The van der Waals surface area contributed by atoms with Gasteiger partial charge in [-0.2, -0.15) is 5.10 Å². The van der Waals surface area contributed by atoms with Crippen LogP contribution in [-0.2, 0) is 16.8 Å². The van der Waals surface area contributed by atoms with E-state index in [9.17, 15) is 4.79 Å². The van der Waals surface area contributed by atoms with Crippen LogP contribution in [0.25, 0.3) is 6.08 Å². The first-order valence-corrected chi connectivity index (χ1v) is 13.5. The van der Waals surface area contributed by atoms with Gasteiger partial charge < -0.3 is 9.15 Å². The van der Waals surface area contributed by atoms with Crippen LogP contribution >= 0.6 is 11.8 Å². The fourth-order valence-corrected chi connectivity index (χ4v) is 4.87. The van der Waals surface area contributed by atoms with Crippen molar-refractivity contribution in [2.75, 3.05) is 0 Å². The first-order chi connectivity index (χ1) is 18.8. The molecule has 196 valence electrons. The molecule has 0 aliphatic carbocycles. The van der Waals surface area contributed by atoms with Gasteiger partial charge in [0.25, 0.3) is 5.91 Å². The summed E-state index contributed by atoms with van der Waals surface area (Å²) in [6.07, 6.45) is 5.13. The second-order valence-electron chi connectivity index (χ2n) is 10.1. The number of amidine groups is 1. The normalized spacial score (nSPS) is 16.1. The van der Waals surface area contributed by atoms with Crippen molar-refractivity contribution in [1.29, 1.82) is 0 Å². The van der Waals surface area contributed by atoms with Gasteiger partial charge in [0, 0.05) is 0 Å². The third-order valence-electron chi connectivity index (χ3n) is 6.04. The molecule has 1 aromatic heterocycles. The zero-order valence-electron chi connectivity index (χ0n) is 22.1. The first-order valence-electron chi connectivity index (χ1n) is 12.6. The lowest BCUT2D eigenvalue weighted by atomic mass is 9.87. The number of carbonyl (C=O) groups is 1. The fourth-order valence-electron chi connectivity index (χ4n) is 3.94. The summed E-state index contributed by atoms with van der Waals surface area (Å²) in [6.45, 7) is 6.81. The molecule has 1 amide bonds. The van der Waals surface area contributed by atoms with Gasteiger partial charge in [0.2, 0.25) is 0 Å². The molecule has 0 N–H and O–H groups in total. The van der Waals surface area contributed by atoms with E-state index < -0.39 is 0 Å². The van der Waals surface area contributed by atoms with Crippen LogP contribution in [0.5, 0.6) is 11.5 Å². The van der Waals surface area contributed by atoms with Gasteiger partial charge in [0.15, 0.2) is 5.17 Å². The number of carbonyl (C=O) groups excluding carboxylic acids is 1. The number of nitrogens with zero attached hydrogens (tertiary/aromatic N) is 3. The van der Waals surface area contributed by atoms with Crippen LogP contribution in [0.4, 0.5) is 0 Å². The van der Waals surface area contributed by atoms with Gasteiger partial charge in [-0.05, 0) is 76.3 Å². The summed E-state index contributed by atoms with van der Waals surface area (Å²) in [6, 6.07) is 29.1. The van der Waals surface area contributed by atoms with Crippen molar-refractivity contribution in [2.24, 2.45) is 10.2 Å². The number of benzene rings is 3. The van der Waals surface area contributed by atoms with Gasteiger partial charge in [0.1, 0.15) is 17.3 Å². The highest BCUT2D eigenvalue weighted by atomic mass is 32.2. The van der Waals surface area contributed by atoms with E-state index in [1.54, 1.807) is 23.4 Å². The van der Waals surface area contributed by atoms with Gasteiger partial charge in [0.05, 0.1) is 23.9 Å². The molecule has 0 radical (unpaired) electrons. The molecular weight excluding hydrogens is 506 g/mol. The quantitative estimate of drug-likeness (QED) is 0.137. The minimum atomic E-state index is -0.158. The van der Waals surface area contributed by atoms with E-state index in [1.807, 2.05) is 78.9 Å². The molecule has 39 heavy (non-hydrogen) atoms. The van der Waals surface area contributed by atoms with Gasteiger partial charge in [-0.1, -0.05) is 75.4 Å². The van der Waals surface area contributed by atoms with Crippen molar-refractivity contribution in [3.05, 3.63) is 125 Å². The highest BCUT2D eigenvalue weighted by molar-refractivity contribution is 8.18. The predicted octanol–water partition coefficient (Wildman–Crippen LogP) is 7.88. The molecule has 7 heteroatoms. The zero-order valence-corrected chi connectivity index (χ0v) is 22.9. The van der Waals surface area contributed by atoms with Crippen molar-refractivity contribution in [2.45, 2.75) is 32.7 Å². The molecule has 4 aromatic rings. The summed E-state index contributed by atoms with van der Waals surface area (Å²) in [7, 11) is 0. The van der Waals surface area contributed by atoms with E-state index in [4.69, 9.17) is 9.15 Å². The van der Waals surface area contributed by atoms with Gasteiger partial charge >= 0.3 is 0 Å². The summed E-state index contributed by atoms with van der Waals surface area (Å²) in [5.74, 6) is 1.94. The molecule has 0 spiro atoms. The fraction of sp³-hybridized carbons (Fsp3) is 0.156. The molecule has 1 fully saturated rings. The molecule has 5 rings (SSSR count). The Hall–Kier alpha value is -4.36. The summed E-state index contributed by atoms with van der Waals surface area (Å²) in [5, 5.41) is 9.20. The van der Waals surface area contributed by atoms with Gasteiger partial charge in [-0.15, -0.1) is 5.10 Å². The van der Waals surface area contributed by atoms with Crippen LogP contribution in [0, 0.1) is 0 Å². The lowest BCUT2D eigenvalue weighted by Crippen LogP contribution is -2.28. The Morgan fingerprint density at radius 3 is 2.38 bits per heavy atom. The van der Waals surface area contributed by atoms with E-state index >= 15 is 0 Å². The molecule has 0 bridgehead atoms. The Bertz CT molecular complexity index is 1520. The number of thioether (sulfide) groups is 1. The molecule has 1 saturated heterocycles. The second kappa shape index (κ2) is 11.6. The Kier molecular flexibility index (Phi) is 7.79. The largest absolute Gasteiger partial charge is 0.467 e. The number of para-hydroxylation sites is 1. The molecule has 0 unspecified atom stereocenters. The SMILES string of the molecule is CC(C)(C)c1ccc(/C=N/N=C2\S/C(=C\c3cccc(Oc4ccccc4)c3)C(=O)N2Cc2ccco2)cc1. The lowest BCUT2D eigenvalue weighted by Gasteiger charge is -2.18. The van der Waals surface area contributed by atoms with Crippen LogP contribution in [0.15, 0.2) is 117 Å². The Balaban J connectivity index is 1.38. The topological polar surface area (TPSA) is 67.4 Å². The van der Waals surface area contributed by atoms with E-state index in [-0.39, 0.29) is 17.9 Å². The van der Waals surface area contributed by atoms with Gasteiger partial charge in [-0.3, -0.25) is 9.69 Å². The third kappa shape index (κ3) is 6.75. The van der Waals surface area contributed by atoms with E-state index in [0.717, 1.165) is 16.9 Å². The van der Waals surface area contributed by atoms with E-state index in [1.165, 1.54) is 17.3 Å². The van der Waals surface area contributed by atoms with Crippen LogP contribution in [0.3, 0.4) is 0 Å². The molecule has 1 aliphatic heterocycles. The van der Waals surface area contributed by atoms with Crippen molar-refractivity contribution in [3.8, 4) is 11.5 Å². The second-order valence-corrected chi connectivity index (χ2v) is 11.1. The Labute approximate surface area is 232 Å². The molecule has 2 heterocycles. The van der Waals surface area contributed by atoms with Gasteiger partial charge in [-0.25, -0.2) is 0 Å². The molecule has 0 atom stereocenters.